The van der Waals surface area contributed by atoms with Gasteiger partial charge in [0.15, 0.2) is 0 Å². The summed E-state index contributed by atoms with van der Waals surface area (Å²) in [6.45, 7) is 16.1. The molecule has 0 aliphatic heterocycles. The van der Waals surface area contributed by atoms with Crippen molar-refractivity contribution in [3.8, 4) is 0 Å². The van der Waals surface area contributed by atoms with Crippen molar-refractivity contribution in [3.05, 3.63) is 0 Å². The minimum atomic E-state index is -0.391. The molecule has 6 nitrogen and oxygen atoms in total. The maximum atomic E-state index is 11.2. The molecule has 0 aromatic heterocycles. The molecule has 6 heteroatoms. The zero-order valence-electron chi connectivity index (χ0n) is 20.4. The van der Waals surface area contributed by atoms with E-state index in [4.69, 9.17) is 4.74 Å². The van der Waals surface area contributed by atoms with Crippen molar-refractivity contribution in [1.29, 1.82) is 0 Å². The lowest BCUT2D eigenvalue weighted by Crippen LogP contribution is -2.16. The average molecular weight is 429 g/mol. The Labute approximate surface area is 183 Å². The SMILES string of the molecule is CC(C)CCC(=O)OC(=O)CCC(C)C.CCC(C)CC(=O)OC(=O)CC(C)CC. The normalized spacial score (nSPS) is 12.6. The predicted molar refractivity (Wildman–Crippen MR) is 118 cm³/mol. The van der Waals surface area contributed by atoms with E-state index in [0.29, 0.717) is 37.5 Å². The van der Waals surface area contributed by atoms with E-state index in [1.807, 2.05) is 55.4 Å². The van der Waals surface area contributed by atoms with E-state index in [1.54, 1.807) is 0 Å². The second-order valence-electron chi connectivity index (χ2n) is 8.99. The summed E-state index contributed by atoms with van der Waals surface area (Å²) in [6.07, 6.45) is 4.75. The summed E-state index contributed by atoms with van der Waals surface area (Å²) in [5.41, 5.74) is 0. The molecule has 0 aliphatic carbocycles. The van der Waals surface area contributed by atoms with Crippen LogP contribution in [-0.4, -0.2) is 23.9 Å². The first kappa shape index (κ1) is 30.5. The Kier molecular flexibility index (Phi) is 18.4. The van der Waals surface area contributed by atoms with Crippen molar-refractivity contribution in [1.82, 2.24) is 0 Å². The third-order valence-corrected chi connectivity index (χ3v) is 4.73. The largest absolute Gasteiger partial charge is 0.393 e. The van der Waals surface area contributed by atoms with Gasteiger partial charge >= 0.3 is 23.9 Å². The van der Waals surface area contributed by atoms with Gasteiger partial charge in [-0.1, -0.05) is 68.2 Å². The fourth-order valence-electron chi connectivity index (χ4n) is 2.11. The van der Waals surface area contributed by atoms with Gasteiger partial charge in [0, 0.05) is 25.7 Å². The number of esters is 4. The molecular formula is C24H44O6. The highest BCUT2D eigenvalue weighted by Crippen LogP contribution is 2.11. The van der Waals surface area contributed by atoms with Gasteiger partial charge in [-0.15, -0.1) is 0 Å². The third-order valence-electron chi connectivity index (χ3n) is 4.73. The molecular weight excluding hydrogens is 384 g/mol. The molecule has 0 rings (SSSR count). The number of carbonyl (C=O) groups is 4. The van der Waals surface area contributed by atoms with Crippen molar-refractivity contribution >= 4 is 23.9 Å². The predicted octanol–water partition coefficient (Wildman–Crippen LogP) is 5.86. The number of ether oxygens (including phenoxy) is 2. The van der Waals surface area contributed by atoms with Crippen molar-refractivity contribution < 1.29 is 28.7 Å². The maximum Gasteiger partial charge on any atom is 0.313 e. The summed E-state index contributed by atoms with van der Waals surface area (Å²) < 4.78 is 9.39. The second-order valence-corrected chi connectivity index (χ2v) is 8.99. The number of rotatable bonds is 12. The lowest BCUT2D eigenvalue weighted by Gasteiger charge is -2.09. The first-order chi connectivity index (χ1) is 13.9. The van der Waals surface area contributed by atoms with Crippen LogP contribution in [0.5, 0.6) is 0 Å². The van der Waals surface area contributed by atoms with Gasteiger partial charge in [0.25, 0.3) is 0 Å². The summed E-state index contributed by atoms with van der Waals surface area (Å²) in [7, 11) is 0. The van der Waals surface area contributed by atoms with E-state index in [0.717, 1.165) is 25.7 Å². The molecule has 0 amide bonds. The van der Waals surface area contributed by atoms with Gasteiger partial charge in [0.2, 0.25) is 0 Å². The molecule has 30 heavy (non-hydrogen) atoms. The molecule has 0 bridgehead atoms. The summed E-state index contributed by atoms with van der Waals surface area (Å²) in [5.74, 6) is -0.0698. The van der Waals surface area contributed by atoms with E-state index >= 15 is 0 Å². The van der Waals surface area contributed by atoms with Gasteiger partial charge in [0.05, 0.1) is 0 Å². The standard InChI is InChI=1S/2C12H22O3/c1-9(2)5-7-11(13)15-12(14)8-6-10(3)4;1-5-9(3)7-11(13)15-12(14)8-10(4)6-2/h2*9-10H,5-8H2,1-4H3. The van der Waals surface area contributed by atoms with E-state index in [-0.39, 0.29) is 11.8 Å². The lowest BCUT2D eigenvalue weighted by atomic mass is 10.1. The van der Waals surface area contributed by atoms with Crippen LogP contribution in [0.1, 0.15) is 107 Å². The molecule has 176 valence electrons. The van der Waals surface area contributed by atoms with Crippen LogP contribution in [0.2, 0.25) is 0 Å². The summed E-state index contributed by atoms with van der Waals surface area (Å²) >= 11 is 0. The van der Waals surface area contributed by atoms with E-state index in [9.17, 15) is 19.2 Å². The first-order valence-electron chi connectivity index (χ1n) is 11.4. The van der Waals surface area contributed by atoms with Gasteiger partial charge in [-0.25, -0.2) is 0 Å². The zero-order valence-corrected chi connectivity index (χ0v) is 20.4. The molecule has 0 saturated heterocycles. The van der Waals surface area contributed by atoms with Crippen LogP contribution in [-0.2, 0) is 28.7 Å². The molecule has 0 fully saturated rings. The molecule has 2 unspecified atom stereocenters. The van der Waals surface area contributed by atoms with Crippen molar-refractivity contribution in [2.45, 2.75) is 107 Å². The summed E-state index contributed by atoms with van der Waals surface area (Å²) in [5, 5.41) is 0. The minimum Gasteiger partial charge on any atom is -0.393 e. The Bertz CT molecular complexity index is 466. The van der Waals surface area contributed by atoms with Crippen LogP contribution in [0, 0.1) is 23.7 Å². The van der Waals surface area contributed by atoms with Crippen molar-refractivity contribution in [2.24, 2.45) is 23.7 Å². The van der Waals surface area contributed by atoms with Crippen LogP contribution < -0.4 is 0 Å². The minimum absolute atomic E-state index is 0.286. The number of hydrogen-bond acceptors (Lipinski definition) is 6. The van der Waals surface area contributed by atoms with Gasteiger partial charge in [-0.05, 0) is 36.5 Å². The van der Waals surface area contributed by atoms with Gasteiger partial charge in [0.1, 0.15) is 0 Å². The fraction of sp³-hybridized carbons (Fsp3) is 0.833. The van der Waals surface area contributed by atoms with Gasteiger partial charge < -0.3 is 9.47 Å². The quantitative estimate of drug-likeness (QED) is 0.286. The molecule has 0 radical (unpaired) electrons. The lowest BCUT2D eigenvalue weighted by molar-refractivity contribution is -0.162. The Morgan fingerprint density at radius 3 is 1.13 bits per heavy atom. The highest BCUT2D eigenvalue weighted by molar-refractivity contribution is 5.86. The van der Waals surface area contributed by atoms with Crippen molar-refractivity contribution in [2.75, 3.05) is 0 Å². The van der Waals surface area contributed by atoms with Crippen LogP contribution >= 0.6 is 0 Å². The fourth-order valence-corrected chi connectivity index (χ4v) is 2.11. The average Bonchev–Trinajstić information content (AvgIpc) is 2.64. The highest BCUT2D eigenvalue weighted by atomic mass is 16.6. The van der Waals surface area contributed by atoms with E-state index in [1.165, 1.54) is 0 Å². The Hall–Kier alpha value is -1.72. The van der Waals surface area contributed by atoms with E-state index in [2.05, 4.69) is 4.74 Å². The molecule has 0 N–H and O–H groups in total. The number of carbonyl (C=O) groups excluding carboxylic acids is 4. The van der Waals surface area contributed by atoms with Gasteiger partial charge in [-0.3, -0.25) is 19.2 Å². The maximum absolute atomic E-state index is 11.2. The molecule has 0 aromatic carbocycles. The second kappa shape index (κ2) is 18.1. The van der Waals surface area contributed by atoms with Crippen LogP contribution in [0.4, 0.5) is 0 Å². The molecule has 2 atom stereocenters. The van der Waals surface area contributed by atoms with Crippen LogP contribution in [0.3, 0.4) is 0 Å². The first-order valence-corrected chi connectivity index (χ1v) is 11.4. The Morgan fingerprint density at radius 1 is 0.567 bits per heavy atom. The Morgan fingerprint density at radius 2 is 0.867 bits per heavy atom. The molecule has 0 aromatic rings. The van der Waals surface area contributed by atoms with Crippen LogP contribution in [0.25, 0.3) is 0 Å². The monoisotopic (exact) mass is 428 g/mol. The molecule has 0 saturated carbocycles. The molecule has 0 spiro atoms. The van der Waals surface area contributed by atoms with Crippen molar-refractivity contribution in [3.63, 3.8) is 0 Å². The molecule has 0 aliphatic rings. The third kappa shape index (κ3) is 21.0. The highest BCUT2D eigenvalue weighted by Gasteiger charge is 2.15. The molecule has 0 heterocycles. The number of hydrogen-bond donors (Lipinski definition) is 0. The Balaban J connectivity index is 0. The summed E-state index contributed by atoms with van der Waals surface area (Å²) in [4.78, 5) is 44.8. The topological polar surface area (TPSA) is 86.7 Å². The van der Waals surface area contributed by atoms with Crippen LogP contribution in [0.15, 0.2) is 0 Å². The smallest absolute Gasteiger partial charge is 0.313 e. The summed E-state index contributed by atoms with van der Waals surface area (Å²) in [6, 6.07) is 0. The zero-order chi connectivity index (χ0) is 23.7. The van der Waals surface area contributed by atoms with Gasteiger partial charge in [-0.2, -0.15) is 0 Å². The van der Waals surface area contributed by atoms with E-state index < -0.39 is 23.9 Å².